The number of carbonyl (C=O) groups excluding carboxylic acids is 2. The molecule has 1 unspecified atom stereocenters. The van der Waals surface area contributed by atoms with Gasteiger partial charge in [0.1, 0.15) is 5.82 Å². The van der Waals surface area contributed by atoms with Crippen LogP contribution in [-0.2, 0) is 11.3 Å². The highest BCUT2D eigenvalue weighted by Crippen LogP contribution is 2.29. The molecule has 0 radical (unpaired) electrons. The number of hydrogen-bond acceptors (Lipinski definition) is 5. The number of amides is 3. The minimum absolute atomic E-state index is 0.0187. The SMILES string of the molecule is NC(O)n1cc(NC(=O)N2CCS[C@H]2C(=O)NCc2cccc(Cl)c2F)c2ccccc21. The van der Waals surface area contributed by atoms with Gasteiger partial charge in [0.15, 0.2) is 11.7 Å². The number of nitrogens with one attached hydrogen (secondary N) is 2. The van der Waals surface area contributed by atoms with Crippen LogP contribution < -0.4 is 16.4 Å². The number of anilines is 1. The van der Waals surface area contributed by atoms with E-state index in [0.717, 1.165) is 0 Å². The molecule has 1 aliphatic heterocycles. The number of aromatic nitrogens is 1. The van der Waals surface area contributed by atoms with Crippen molar-refractivity contribution in [3.63, 3.8) is 0 Å². The fourth-order valence-electron chi connectivity index (χ4n) is 3.56. The van der Waals surface area contributed by atoms with E-state index in [2.05, 4.69) is 10.6 Å². The van der Waals surface area contributed by atoms with Crippen LogP contribution in [0.2, 0.25) is 5.02 Å². The third-order valence-electron chi connectivity index (χ3n) is 5.13. The van der Waals surface area contributed by atoms with Crippen LogP contribution in [0, 0.1) is 5.82 Å². The van der Waals surface area contributed by atoms with Gasteiger partial charge in [-0.3, -0.25) is 10.5 Å². The normalized spacial score (nSPS) is 16.9. The summed E-state index contributed by atoms with van der Waals surface area (Å²) in [5.74, 6) is -0.399. The number of rotatable bonds is 5. The number of hydrogen-bond donors (Lipinski definition) is 4. The van der Waals surface area contributed by atoms with E-state index in [9.17, 15) is 19.1 Å². The van der Waals surface area contributed by atoms with Crippen LogP contribution in [0.15, 0.2) is 48.7 Å². The molecule has 4 rings (SSSR count). The largest absolute Gasteiger partial charge is 0.361 e. The van der Waals surface area contributed by atoms with Crippen molar-refractivity contribution in [3.8, 4) is 0 Å². The van der Waals surface area contributed by atoms with Crippen LogP contribution in [0.3, 0.4) is 0 Å². The maximum Gasteiger partial charge on any atom is 0.323 e. The van der Waals surface area contributed by atoms with Crippen molar-refractivity contribution in [2.75, 3.05) is 17.6 Å². The minimum atomic E-state index is -1.27. The lowest BCUT2D eigenvalue weighted by molar-refractivity contribution is -0.122. The first-order valence-electron chi connectivity index (χ1n) is 9.80. The first-order valence-corrected chi connectivity index (χ1v) is 11.2. The highest BCUT2D eigenvalue weighted by molar-refractivity contribution is 8.00. The number of aliphatic hydroxyl groups is 1. The van der Waals surface area contributed by atoms with Crippen LogP contribution in [0.4, 0.5) is 14.9 Å². The molecule has 2 atom stereocenters. The van der Waals surface area contributed by atoms with Gasteiger partial charge in [0.25, 0.3) is 5.91 Å². The summed E-state index contributed by atoms with van der Waals surface area (Å²) in [6.45, 7) is 0.331. The highest BCUT2D eigenvalue weighted by atomic mass is 35.5. The van der Waals surface area contributed by atoms with Crippen molar-refractivity contribution < 1.29 is 19.1 Å². The maximum absolute atomic E-state index is 14.1. The van der Waals surface area contributed by atoms with E-state index in [1.807, 2.05) is 6.07 Å². The van der Waals surface area contributed by atoms with Gasteiger partial charge in [0.05, 0.1) is 16.2 Å². The Balaban J connectivity index is 1.46. The molecule has 0 saturated carbocycles. The Morgan fingerprint density at radius 3 is 2.84 bits per heavy atom. The van der Waals surface area contributed by atoms with E-state index in [-0.39, 0.29) is 17.1 Å². The minimum Gasteiger partial charge on any atom is -0.361 e. The van der Waals surface area contributed by atoms with Crippen molar-refractivity contribution in [2.45, 2.75) is 18.3 Å². The third-order valence-corrected chi connectivity index (χ3v) is 6.62. The second-order valence-electron chi connectivity index (χ2n) is 7.16. The fourth-order valence-corrected chi connectivity index (χ4v) is 4.90. The smallest absolute Gasteiger partial charge is 0.323 e. The molecular formula is C21H21ClFN5O3S. The standard InChI is InChI=1S/C21H21ClFN5O3S/c22-14-6-3-4-12(17(14)23)10-25-18(29)19-27(8-9-32-19)21(31)26-15-11-28(20(24)30)16-7-2-1-5-13(15)16/h1-7,11,19-20,30H,8-10,24H2,(H,25,29)(H,26,31)/t19-,20?/m0/s1. The number of fused-ring (bicyclic) bond motifs is 1. The van der Waals surface area contributed by atoms with Crippen LogP contribution in [0.5, 0.6) is 0 Å². The topological polar surface area (TPSA) is 113 Å². The maximum atomic E-state index is 14.1. The molecule has 3 amide bonds. The molecule has 1 aromatic heterocycles. The zero-order chi connectivity index (χ0) is 22.8. The van der Waals surface area contributed by atoms with E-state index < -0.39 is 29.5 Å². The Labute approximate surface area is 192 Å². The van der Waals surface area contributed by atoms with Gasteiger partial charge in [0.2, 0.25) is 0 Å². The predicted molar refractivity (Wildman–Crippen MR) is 123 cm³/mol. The van der Waals surface area contributed by atoms with Gasteiger partial charge in [-0.1, -0.05) is 41.9 Å². The molecule has 11 heteroatoms. The second kappa shape index (κ2) is 9.37. The summed E-state index contributed by atoms with van der Waals surface area (Å²) in [5.41, 5.74) is 7.00. The summed E-state index contributed by atoms with van der Waals surface area (Å²) in [5, 5.41) is 15.2. The van der Waals surface area contributed by atoms with Gasteiger partial charge < -0.3 is 25.2 Å². The third kappa shape index (κ3) is 4.40. The van der Waals surface area contributed by atoms with Crippen LogP contribution in [-0.4, -0.2) is 44.2 Å². The summed E-state index contributed by atoms with van der Waals surface area (Å²) in [7, 11) is 0. The second-order valence-corrected chi connectivity index (χ2v) is 8.75. The van der Waals surface area contributed by atoms with Crippen molar-refractivity contribution in [2.24, 2.45) is 5.73 Å². The first kappa shape index (κ1) is 22.4. The van der Waals surface area contributed by atoms with Gasteiger partial charge in [-0.15, -0.1) is 11.8 Å². The summed E-state index contributed by atoms with van der Waals surface area (Å²) in [4.78, 5) is 27.1. The number of thioether (sulfide) groups is 1. The van der Waals surface area contributed by atoms with E-state index >= 15 is 0 Å². The zero-order valence-corrected chi connectivity index (χ0v) is 18.4. The summed E-state index contributed by atoms with van der Waals surface area (Å²) in [6, 6.07) is 11.3. The molecule has 8 nitrogen and oxygen atoms in total. The quantitative estimate of drug-likeness (QED) is 0.422. The van der Waals surface area contributed by atoms with Crippen LogP contribution in [0.25, 0.3) is 10.9 Å². The average Bonchev–Trinajstić information content (AvgIpc) is 3.40. The lowest BCUT2D eigenvalue weighted by atomic mass is 10.2. The first-order chi connectivity index (χ1) is 15.4. The van der Waals surface area contributed by atoms with E-state index in [1.54, 1.807) is 30.5 Å². The Morgan fingerprint density at radius 2 is 2.06 bits per heavy atom. The Hall–Kier alpha value is -2.79. The predicted octanol–water partition coefficient (Wildman–Crippen LogP) is 3.06. The lowest BCUT2D eigenvalue weighted by Crippen LogP contribution is -2.46. The molecule has 1 fully saturated rings. The number of para-hydroxylation sites is 1. The molecule has 32 heavy (non-hydrogen) atoms. The van der Waals surface area contributed by atoms with Crippen molar-refractivity contribution in [1.29, 1.82) is 0 Å². The van der Waals surface area contributed by atoms with Gasteiger partial charge in [-0.25, -0.2) is 9.18 Å². The molecule has 1 saturated heterocycles. The molecule has 2 aromatic carbocycles. The van der Waals surface area contributed by atoms with E-state index in [0.29, 0.717) is 28.9 Å². The summed E-state index contributed by atoms with van der Waals surface area (Å²) in [6.07, 6.45) is 0.284. The molecule has 5 N–H and O–H groups in total. The Bertz CT molecular complexity index is 1170. The number of nitrogens with zero attached hydrogens (tertiary/aromatic N) is 2. The van der Waals surface area contributed by atoms with E-state index in [1.165, 1.54) is 33.4 Å². The van der Waals surface area contributed by atoms with Crippen molar-refractivity contribution in [1.82, 2.24) is 14.8 Å². The number of benzene rings is 2. The highest BCUT2D eigenvalue weighted by Gasteiger charge is 2.35. The number of urea groups is 1. The Morgan fingerprint density at radius 1 is 1.28 bits per heavy atom. The number of aliphatic hydroxyl groups excluding tert-OH is 1. The van der Waals surface area contributed by atoms with Gasteiger partial charge in [-0.05, 0) is 12.1 Å². The number of nitrogens with two attached hydrogens (primary N) is 1. The molecule has 0 aliphatic carbocycles. The van der Waals surface area contributed by atoms with Gasteiger partial charge in [-0.2, -0.15) is 0 Å². The molecule has 1 aliphatic rings. The zero-order valence-electron chi connectivity index (χ0n) is 16.8. The van der Waals surface area contributed by atoms with Crippen LogP contribution >= 0.6 is 23.4 Å². The Kier molecular flexibility index (Phi) is 6.56. The number of halogens is 2. The summed E-state index contributed by atoms with van der Waals surface area (Å²) < 4.78 is 15.5. The summed E-state index contributed by atoms with van der Waals surface area (Å²) >= 11 is 7.10. The van der Waals surface area contributed by atoms with E-state index in [4.69, 9.17) is 17.3 Å². The lowest BCUT2D eigenvalue weighted by Gasteiger charge is -2.23. The molecule has 0 spiro atoms. The average molecular weight is 478 g/mol. The molecule has 168 valence electrons. The molecule has 0 bridgehead atoms. The van der Waals surface area contributed by atoms with Crippen LogP contribution in [0.1, 0.15) is 11.9 Å². The molecule has 2 heterocycles. The molecule has 3 aromatic rings. The van der Waals surface area contributed by atoms with Gasteiger partial charge >= 0.3 is 6.03 Å². The number of carbonyl (C=O) groups is 2. The van der Waals surface area contributed by atoms with Gasteiger partial charge in [0, 0.05) is 36.0 Å². The monoisotopic (exact) mass is 477 g/mol. The van der Waals surface area contributed by atoms with Crippen molar-refractivity contribution in [3.05, 3.63) is 65.1 Å². The molecular weight excluding hydrogens is 457 g/mol. The fraction of sp³-hybridized carbons (Fsp3) is 0.238. The van der Waals surface area contributed by atoms with Crippen molar-refractivity contribution >= 4 is 51.9 Å².